The summed E-state index contributed by atoms with van der Waals surface area (Å²) in [6.45, 7) is 0. The molecule has 0 aliphatic rings. The maximum atomic E-state index is 12.2. The maximum Gasteiger partial charge on any atom is 0.250 e. The molecule has 0 amide bonds. The average Bonchev–Trinajstić information content (AvgIpc) is 2.68. The van der Waals surface area contributed by atoms with Gasteiger partial charge in [-0.25, -0.2) is 0 Å². The minimum absolute atomic E-state index is 0.535. The average molecular weight is 369 g/mol. The molecule has 0 radical (unpaired) electrons. The highest BCUT2D eigenvalue weighted by Gasteiger charge is 2.15. The van der Waals surface area contributed by atoms with Gasteiger partial charge in [-0.2, -0.15) is 0 Å². The molecule has 3 rings (SSSR count). The molecule has 4 nitrogen and oxygen atoms in total. The van der Waals surface area contributed by atoms with Crippen molar-refractivity contribution in [1.82, 2.24) is 9.90 Å². The molecule has 18 heavy (non-hydrogen) atoms. The molecule has 0 saturated heterocycles. The molecule has 0 fully saturated rings. The van der Waals surface area contributed by atoms with E-state index in [1.807, 2.05) is 36.4 Å². The molecule has 3 aromatic rings. The minimum Gasteiger partial charge on any atom is -0.692 e. The van der Waals surface area contributed by atoms with Gasteiger partial charge in [0.1, 0.15) is 5.69 Å². The van der Waals surface area contributed by atoms with Crippen molar-refractivity contribution >= 4 is 42.9 Å². The number of aromatic nitrogens is 3. The van der Waals surface area contributed by atoms with Gasteiger partial charge in [-0.3, -0.25) is 0 Å². The van der Waals surface area contributed by atoms with Crippen LogP contribution in [0.4, 0.5) is 0 Å². The number of benzene rings is 2. The predicted octanol–water partition coefficient (Wildman–Crippen LogP) is 3.18. The lowest BCUT2D eigenvalue weighted by molar-refractivity contribution is -0.664. The maximum absolute atomic E-state index is 12.2. The number of halogens is 2. The van der Waals surface area contributed by atoms with Crippen molar-refractivity contribution in [3.8, 4) is 5.69 Å². The van der Waals surface area contributed by atoms with Crippen molar-refractivity contribution in [1.29, 1.82) is 0 Å². The number of nitrogens with zero attached hydrogens (tertiary/aromatic N) is 3. The van der Waals surface area contributed by atoms with Gasteiger partial charge in [0.15, 0.2) is 0 Å². The van der Waals surface area contributed by atoms with Crippen molar-refractivity contribution in [3.63, 3.8) is 0 Å². The molecule has 6 heteroatoms. The van der Waals surface area contributed by atoms with Crippen molar-refractivity contribution in [2.24, 2.45) is 0 Å². The van der Waals surface area contributed by atoms with E-state index in [9.17, 15) is 5.21 Å². The van der Waals surface area contributed by atoms with Crippen LogP contribution in [-0.2, 0) is 0 Å². The van der Waals surface area contributed by atoms with Crippen LogP contribution in [0.3, 0.4) is 0 Å². The van der Waals surface area contributed by atoms with E-state index in [2.05, 4.69) is 37.0 Å². The highest BCUT2D eigenvalue weighted by Crippen LogP contribution is 2.17. The van der Waals surface area contributed by atoms with Crippen LogP contribution in [0.5, 0.6) is 0 Å². The molecular weight excluding hydrogens is 362 g/mol. The van der Waals surface area contributed by atoms with Gasteiger partial charge in [-0.15, -0.1) is 4.85 Å². The molecular formula is C12H7Br2N3O. The zero-order chi connectivity index (χ0) is 12.7. The van der Waals surface area contributed by atoms with Gasteiger partial charge < -0.3 is 5.21 Å². The van der Waals surface area contributed by atoms with E-state index in [1.165, 1.54) is 4.80 Å². The number of hydrogen-bond donors (Lipinski definition) is 0. The predicted molar refractivity (Wildman–Crippen MR) is 75.4 cm³/mol. The van der Waals surface area contributed by atoms with Crippen LogP contribution in [0, 0.1) is 5.21 Å². The van der Waals surface area contributed by atoms with Gasteiger partial charge in [0, 0.05) is 15.0 Å². The smallest absolute Gasteiger partial charge is 0.250 e. The van der Waals surface area contributed by atoms with E-state index in [0.29, 0.717) is 11.0 Å². The first-order valence-corrected chi connectivity index (χ1v) is 6.78. The first-order chi connectivity index (χ1) is 8.65. The van der Waals surface area contributed by atoms with Gasteiger partial charge >= 0.3 is 0 Å². The summed E-state index contributed by atoms with van der Waals surface area (Å²) in [5.41, 5.74) is 1.92. The van der Waals surface area contributed by atoms with Crippen LogP contribution in [0.15, 0.2) is 51.4 Å². The van der Waals surface area contributed by atoms with Gasteiger partial charge in [0.05, 0.1) is 5.10 Å². The van der Waals surface area contributed by atoms with Crippen molar-refractivity contribution in [2.45, 2.75) is 0 Å². The zero-order valence-electron chi connectivity index (χ0n) is 9.05. The molecule has 0 saturated carbocycles. The zero-order valence-corrected chi connectivity index (χ0v) is 12.2. The fourth-order valence-electron chi connectivity index (χ4n) is 1.72. The lowest BCUT2D eigenvalue weighted by atomic mass is 10.3. The summed E-state index contributed by atoms with van der Waals surface area (Å²) in [7, 11) is 0. The SMILES string of the molecule is [O-][n+]1c2cc(Br)ccc2nn1-c1ccc(Br)cc1. The molecule has 2 aromatic carbocycles. The fourth-order valence-corrected chi connectivity index (χ4v) is 2.33. The largest absolute Gasteiger partial charge is 0.692 e. The van der Waals surface area contributed by atoms with Crippen LogP contribution < -0.4 is 4.85 Å². The normalized spacial score (nSPS) is 11.0. The first kappa shape index (κ1) is 11.7. The molecule has 0 unspecified atom stereocenters. The van der Waals surface area contributed by atoms with Crippen LogP contribution >= 0.6 is 31.9 Å². The second-order valence-electron chi connectivity index (χ2n) is 3.77. The van der Waals surface area contributed by atoms with E-state index >= 15 is 0 Å². The minimum atomic E-state index is 0.535. The van der Waals surface area contributed by atoms with Crippen molar-refractivity contribution in [3.05, 3.63) is 56.6 Å². The van der Waals surface area contributed by atoms with E-state index in [4.69, 9.17) is 0 Å². The quantitative estimate of drug-likeness (QED) is 0.489. The van der Waals surface area contributed by atoms with Crippen LogP contribution in [0.1, 0.15) is 0 Å². The molecule has 1 aromatic heterocycles. The van der Waals surface area contributed by atoms with E-state index in [1.54, 1.807) is 6.07 Å². The lowest BCUT2D eigenvalue weighted by Gasteiger charge is -2.03. The first-order valence-electron chi connectivity index (χ1n) is 5.19. The van der Waals surface area contributed by atoms with Gasteiger partial charge in [0.25, 0.3) is 0 Å². The van der Waals surface area contributed by atoms with Crippen LogP contribution in [0.2, 0.25) is 0 Å². The summed E-state index contributed by atoms with van der Waals surface area (Å²) in [5, 5.41) is 16.4. The Morgan fingerprint density at radius 1 is 1.00 bits per heavy atom. The second-order valence-corrected chi connectivity index (χ2v) is 5.60. The lowest BCUT2D eigenvalue weighted by Crippen LogP contribution is -2.37. The van der Waals surface area contributed by atoms with Crippen molar-refractivity contribution < 1.29 is 4.85 Å². The molecule has 0 bridgehead atoms. The third kappa shape index (κ3) is 1.91. The molecule has 0 aliphatic heterocycles. The van der Waals surface area contributed by atoms with E-state index in [-0.39, 0.29) is 0 Å². The van der Waals surface area contributed by atoms with E-state index < -0.39 is 0 Å². The number of fused-ring (bicyclic) bond motifs is 1. The standard InChI is InChI=1S/C12H7Br2N3O/c13-8-1-4-10(5-2-8)16-15-11-6-3-9(14)7-12(11)17(16)18/h1-7H. The highest BCUT2D eigenvalue weighted by atomic mass is 79.9. The third-order valence-electron chi connectivity index (χ3n) is 2.58. The Morgan fingerprint density at radius 2 is 1.67 bits per heavy atom. The molecule has 1 heterocycles. The molecule has 90 valence electrons. The Labute approximate surface area is 120 Å². The summed E-state index contributed by atoms with van der Waals surface area (Å²) < 4.78 is 1.82. The van der Waals surface area contributed by atoms with Crippen molar-refractivity contribution in [2.75, 3.05) is 0 Å². The monoisotopic (exact) mass is 367 g/mol. The molecule has 0 aliphatic carbocycles. The summed E-state index contributed by atoms with van der Waals surface area (Å²) in [6.07, 6.45) is 0. The summed E-state index contributed by atoms with van der Waals surface area (Å²) in [6, 6.07) is 12.8. The summed E-state index contributed by atoms with van der Waals surface area (Å²) in [4.78, 5) is 2.12. The Morgan fingerprint density at radius 3 is 2.39 bits per heavy atom. The molecule has 0 spiro atoms. The van der Waals surface area contributed by atoms with Gasteiger partial charge in [0.2, 0.25) is 11.0 Å². The van der Waals surface area contributed by atoms with Crippen LogP contribution in [-0.4, -0.2) is 9.90 Å². The fraction of sp³-hybridized carbons (Fsp3) is 0. The summed E-state index contributed by atoms with van der Waals surface area (Å²) >= 11 is 6.71. The Kier molecular flexibility index (Phi) is 2.83. The summed E-state index contributed by atoms with van der Waals surface area (Å²) in [5.74, 6) is 0. The number of rotatable bonds is 1. The highest BCUT2D eigenvalue weighted by molar-refractivity contribution is 9.10. The Balaban J connectivity index is 2.23. The molecule has 0 N–H and O–H groups in total. The van der Waals surface area contributed by atoms with Crippen LogP contribution in [0.25, 0.3) is 16.7 Å². The van der Waals surface area contributed by atoms with Gasteiger partial charge in [-0.1, -0.05) is 31.9 Å². The van der Waals surface area contributed by atoms with Gasteiger partial charge in [-0.05, 0) is 41.2 Å². The molecule has 0 atom stereocenters. The second kappa shape index (κ2) is 4.37. The van der Waals surface area contributed by atoms with E-state index in [0.717, 1.165) is 19.5 Å². The Bertz CT molecular complexity index is 722. The Hall–Kier alpha value is -1.40. The number of hydrogen-bond acceptors (Lipinski definition) is 2. The third-order valence-corrected chi connectivity index (χ3v) is 3.60. The topological polar surface area (TPSA) is 44.8 Å².